The molecule has 0 spiro atoms. The van der Waals surface area contributed by atoms with Crippen LogP contribution < -0.4 is 0 Å². The molecule has 3 heteroatoms. The third kappa shape index (κ3) is 1.81. The van der Waals surface area contributed by atoms with Gasteiger partial charge in [0.25, 0.3) is 0 Å². The van der Waals surface area contributed by atoms with Crippen LogP contribution in [0.3, 0.4) is 0 Å². The van der Waals surface area contributed by atoms with Gasteiger partial charge < -0.3 is 4.74 Å². The Morgan fingerprint density at radius 2 is 2.00 bits per heavy atom. The fourth-order valence-electron chi connectivity index (χ4n) is 1.54. The molecule has 1 aromatic carbocycles. The predicted octanol–water partition coefficient (Wildman–Crippen LogP) is 3.62. The van der Waals surface area contributed by atoms with Crippen molar-refractivity contribution in [2.75, 3.05) is 0 Å². The first-order valence-corrected chi connectivity index (χ1v) is 5.15. The van der Waals surface area contributed by atoms with Crippen LogP contribution >= 0.6 is 23.2 Å². The Labute approximate surface area is 93.3 Å². The zero-order valence-electron chi connectivity index (χ0n) is 7.71. The maximum atomic E-state index is 5.57. The fraction of sp³-hybridized carbons (Fsp3) is 0.273. The molecule has 0 aromatic heterocycles. The normalized spacial score (nSPS) is 29.8. The summed E-state index contributed by atoms with van der Waals surface area (Å²) in [7, 11) is 0. The summed E-state index contributed by atoms with van der Waals surface area (Å²) in [6, 6.07) is 10.0. The molecule has 2 unspecified atom stereocenters. The second-order valence-electron chi connectivity index (χ2n) is 3.47. The molecule has 0 N–H and O–H groups in total. The van der Waals surface area contributed by atoms with E-state index >= 15 is 0 Å². The van der Waals surface area contributed by atoms with E-state index in [1.54, 1.807) is 6.08 Å². The standard InChI is InChI=1S/C11H10Cl2O/c1-11(8-5-3-2-4-6-8)9(14-11)7-10(12)13/h2-7,9H,1H3. The smallest absolute Gasteiger partial charge is 0.121 e. The minimum absolute atomic E-state index is 0.00472. The van der Waals surface area contributed by atoms with E-state index in [2.05, 4.69) is 0 Å². The second-order valence-corrected chi connectivity index (χ2v) is 4.48. The molecular weight excluding hydrogens is 219 g/mol. The van der Waals surface area contributed by atoms with Crippen LogP contribution in [0.15, 0.2) is 40.9 Å². The average molecular weight is 229 g/mol. The van der Waals surface area contributed by atoms with E-state index in [-0.39, 0.29) is 16.2 Å². The lowest BCUT2D eigenvalue weighted by molar-refractivity contribution is 0.320. The van der Waals surface area contributed by atoms with Gasteiger partial charge in [-0.05, 0) is 18.6 Å². The van der Waals surface area contributed by atoms with Gasteiger partial charge >= 0.3 is 0 Å². The topological polar surface area (TPSA) is 12.5 Å². The molecule has 1 nitrogen and oxygen atoms in total. The lowest BCUT2D eigenvalue weighted by atomic mass is 9.98. The van der Waals surface area contributed by atoms with E-state index in [1.165, 1.54) is 0 Å². The van der Waals surface area contributed by atoms with Gasteiger partial charge in [-0.1, -0.05) is 53.5 Å². The number of benzene rings is 1. The summed E-state index contributed by atoms with van der Waals surface area (Å²) in [4.78, 5) is 0. The Kier molecular flexibility index (Phi) is 2.56. The molecule has 2 rings (SSSR count). The Bertz CT molecular complexity index is 357. The van der Waals surface area contributed by atoms with Crippen molar-refractivity contribution in [2.24, 2.45) is 0 Å². The van der Waals surface area contributed by atoms with E-state index in [4.69, 9.17) is 27.9 Å². The van der Waals surface area contributed by atoms with E-state index in [0.29, 0.717) is 0 Å². The molecule has 0 amide bonds. The zero-order valence-corrected chi connectivity index (χ0v) is 9.22. The molecule has 0 aliphatic carbocycles. The van der Waals surface area contributed by atoms with Gasteiger partial charge in [-0.3, -0.25) is 0 Å². The summed E-state index contributed by atoms with van der Waals surface area (Å²) >= 11 is 11.1. The van der Waals surface area contributed by atoms with Crippen LogP contribution in [-0.2, 0) is 10.3 Å². The summed E-state index contributed by atoms with van der Waals surface area (Å²) in [6.45, 7) is 2.03. The largest absolute Gasteiger partial charge is 0.357 e. The predicted molar refractivity (Wildman–Crippen MR) is 58.5 cm³/mol. The van der Waals surface area contributed by atoms with Gasteiger partial charge in [-0.15, -0.1) is 0 Å². The van der Waals surface area contributed by atoms with E-state index in [1.807, 2.05) is 37.3 Å². The molecule has 1 aromatic rings. The van der Waals surface area contributed by atoms with Crippen LogP contribution in [-0.4, -0.2) is 6.10 Å². The highest BCUT2D eigenvalue weighted by Gasteiger charge is 2.52. The number of hydrogen-bond donors (Lipinski definition) is 0. The average Bonchev–Trinajstić information content (AvgIpc) is 2.79. The lowest BCUT2D eigenvalue weighted by Crippen LogP contribution is -2.05. The molecule has 2 atom stereocenters. The van der Waals surface area contributed by atoms with E-state index < -0.39 is 0 Å². The molecule has 1 aliphatic heterocycles. The monoisotopic (exact) mass is 228 g/mol. The van der Waals surface area contributed by atoms with E-state index in [9.17, 15) is 0 Å². The Balaban J connectivity index is 2.19. The van der Waals surface area contributed by atoms with Gasteiger partial charge in [0.15, 0.2) is 0 Å². The van der Waals surface area contributed by atoms with E-state index in [0.717, 1.165) is 5.56 Å². The van der Waals surface area contributed by atoms with Crippen molar-refractivity contribution in [3.05, 3.63) is 46.5 Å². The van der Waals surface area contributed by atoms with Crippen molar-refractivity contribution in [1.29, 1.82) is 0 Å². The highest BCUT2D eigenvalue weighted by molar-refractivity contribution is 6.55. The first-order valence-electron chi connectivity index (χ1n) is 4.39. The van der Waals surface area contributed by atoms with Crippen molar-refractivity contribution in [3.63, 3.8) is 0 Å². The lowest BCUT2D eigenvalue weighted by Gasteiger charge is -2.04. The number of rotatable bonds is 2. The maximum absolute atomic E-state index is 5.57. The number of ether oxygens (including phenoxy) is 1. The van der Waals surface area contributed by atoms with Crippen molar-refractivity contribution < 1.29 is 4.74 Å². The van der Waals surface area contributed by atoms with Crippen LogP contribution in [0.1, 0.15) is 12.5 Å². The van der Waals surface area contributed by atoms with Crippen LogP contribution in [0.5, 0.6) is 0 Å². The molecule has 1 fully saturated rings. The number of hydrogen-bond acceptors (Lipinski definition) is 1. The molecule has 74 valence electrons. The van der Waals surface area contributed by atoms with Crippen molar-refractivity contribution in [1.82, 2.24) is 0 Å². The third-order valence-corrected chi connectivity index (χ3v) is 2.73. The highest BCUT2D eigenvalue weighted by Crippen LogP contribution is 2.47. The molecule has 0 saturated carbocycles. The van der Waals surface area contributed by atoms with Crippen molar-refractivity contribution in [3.8, 4) is 0 Å². The minimum Gasteiger partial charge on any atom is -0.357 e. The Morgan fingerprint density at radius 3 is 2.57 bits per heavy atom. The van der Waals surface area contributed by atoms with Gasteiger partial charge in [0.2, 0.25) is 0 Å². The molecule has 0 bridgehead atoms. The molecule has 1 heterocycles. The SMILES string of the molecule is CC1(c2ccccc2)OC1C=C(Cl)Cl. The van der Waals surface area contributed by atoms with Gasteiger partial charge in [0.1, 0.15) is 16.2 Å². The number of halogens is 2. The Hall–Kier alpha value is -0.500. The first-order chi connectivity index (χ1) is 6.63. The van der Waals surface area contributed by atoms with Crippen LogP contribution in [0.2, 0.25) is 0 Å². The second kappa shape index (κ2) is 3.58. The third-order valence-electron chi connectivity index (χ3n) is 2.48. The Morgan fingerprint density at radius 1 is 1.36 bits per heavy atom. The summed E-state index contributed by atoms with van der Waals surface area (Å²) < 4.78 is 5.82. The molecule has 0 radical (unpaired) electrons. The van der Waals surface area contributed by atoms with Crippen LogP contribution in [0.4, 0.5) is 0 Å². The molecule has 14 heavy (non-hydrogen) atoms. The number of epoxide rings is 1. The summed E-state index contributed by atoms with van der Waals surface area (Å²) in [5, 5.41) is 0. The zero-order chi connectivity index (χ0) is 10.2. The maximum Gasteiger partial charge on any atom is 0.121 e. The van der Waals surface area contributed by atoms with Crippen LogP contribution in [0.25, 0.3) is 0 Å². The highest BCUT2D eigenvalue weighted by atomic mass is 35.5. The summed E-state index contributed by atoms with van der Waals surface area (Å²) in [6.07, 6.45) is 1.71. The minimum atomic E-state index is -0.254. The quantitative estimate of drug-likeness (QED) is 0.705. The molecular formula is C11H10Cl2O. The molecule has 1 saturated heterocycles. The molecule has 1 aliphatic rings. The summed E-state index contributed by atoms with van der Waals surface area (Å²) in [5.74, 6) is 0. The van der Waals surface area contributed by atoms with Gasteiger partial charge in [0.05, 0.1) is 0 Å². The van der Waals surface area contributed by atoms with Crippen molar-refractivity contribution >= 4 is 23.2 Å². The summed E-state index contributed by atoms with van der Waals surface area (Å²) in [5.41, 5.74) is 0.895. The van der Waals surface area contributed by atoms with Crippen LogP contribution in [0, 0.1) is 0 Å². The first kappa shape index (κ1) is 10.0. The fourth-order valence-corrected chi connectivity index (χ4v) is 1.77. The van der Waals surface area contributed by atoms with Gasteiger partial charge in [-0.25, -0.2) is 0 Å². The van der Waals surface area contributed by atoms with Gasteiger partial charge in [-0.2, -0.15) is 0 Å². The van der Waals surface area contributed by atoms with Crippen molar-refractivity contribution in [2.45, 2.75) is 18.6 Å². The van der Waals surface area contributed by atoms with Gasteiger partial charge in [0, 0.05) is 0 Å².